The third-order valence-corrected chi connectivity index (χ3v) is 2.28. The van der Waals surface area contributed by atoms with Gasteiger partial charge in [-0.1, -0.05) is 19.9 Å². The SMILES string of the molecule is CC(C)CCOCC1=CCNCC1. The van der Waals surface area contributed by atoms with Crippen LogP contribution in [-0.4, -0.2) is 26.3 Å². The third-order valence-electron chi connectivity index (χ3n) is 2.28. The van der Waals surface area contributed by atoms with Crippen molar-refractivity contribution >= 4 is 0 Å². The Hall–Kier alpha value is -0.340. The van der Waals surface area contributed by atoms with Gasteiger partial charge in [-0.25, -0.2) is 0 Å². The second kappa shape index (κ2) is 6.17. The first-order valence-electron chi connectivity index (χ1n) is 5.25. The first kappa shape index (κ1) is 10.7. The Morgan fingerprint density at radius 3 is 3.00 bits per heavy atom. The van der Waals surface area contributed by atoms with E-state index in [0.717, 1.165) is 38.6 Å². The minimum absolute atomic E-state index is 0.752. The van der Waals surface area contributed by atoms with Crippen molar-refractivity contribution in [1.29, 1.82) is 0 Å². The van der Waals surface area contributed by atoms with E-state index in [1.54, 1.807) is 0 Å². The molecule has 0 aromatic carbocycles. The topological polar surface area (TPSA) is 21.3 Å². The standard InChI is InChI=1S/C11H21NO/c1-10(2)5-8-13-9-11-3-6-12-7-4-11/h3,10,12H,4-9H2,1-2H3. The van der Waals surface area contributed by atoms with Crippen LogP contribution in [0.5, 0.6) is 0 Å². The number of ether oxygens (including phenoxy) is 1. The summed E-state index contributed by atoms with van der Waals surface area (Å²) in [6.07, 6.45) is 4.58. The van der Waals surface area contributed by atoms with Gasteiger partial charge in [-0.3, -0.25) is 0 Å². The highest BCUT2D eigenvalue weighted by Crippen LogP contribution is 2.06. The third kappa shape index (κ3) is 5.06. The van der Waals surface area contributed by atoms with Gasteiger partial charge in [0.15, 0.2) is 0 Å². The van der Waals surface area contributed by atoms with Crippen LogP contribution in [0.15, 0.2) is 11.6 Å². The van der Waals surface area contributed by atoms with E-state index in [4.69, 9.17) is 4.74 Å². The largest absolute Gasteiger partial charge is 0.377 e. The van der Waals surface area contributed by atoms with Gasteiger partial charge in [0, 0.05) is 13.2 Å². The van der Waals surface area contributed by atoms with Gasteiger partial charge >= 0.3 is 0 Å². The Bertz CT molecular complexity index is 163. The zero-order valence-electron chi connectivity index (χ0n) is 8.81. The molecule has 1 rings (SSSR count). The Balaban J connectivity index is 2.01. The molecule has 0 spiro atoms. The average molecular weight is 183 g/mol. The number of rotatable bonds is 5. The van der Waals surface area contributed by atoms with Crippen molar-refractivity contribution in [2.45, 2.75) is 26.7 Å². The summed E-state index contributed by atoms with van der Waals surface area (Å²) in [6, 6.07) is 0. The highest BCUT2D eigenvalue weighted by molar-refractivity contribution is 5.06. The molecule has 1 heterocycles. The normalized spacial score (nSPS) is 17.6. The Labute approximate surface area is 81.4 Å². The van der Waals surface area contributed by atoms with Crippen LogP contribution in [0.25, 0.3) is 0 Å². The lowest BCUT2D eigenvalue weighted by atomic mass is 10.1. The Morgan fingerprint density at radius 2 is 2.38 bits per heavy atom. The van der Waals surface area contributed by atoms with Crippen molar-refractivity contribution < 1.29 is 4.74 Å². The van der Waals surface area contributed by atoms with Crippen molar-refractivity contribution in [2.24, 2.45) is 5.92 Å². The van der Waals surface area contributed by atoms with E-state index in [9.17, 15) is 0 Å². The summed E-state index contributed by atoms with van der Waals surface area (Å²) in [4.78, 5) is 0. The summed E-state index contributed by atoms with van der Waals surface area (Å²) >= 11 is 0. The van der Waals surface area contributed by atoms with Gasteiger partial charge in [0.2, 0.25) is 0 Å². The lowest BCUT2D eigenvalue weighted by Crippen LogP contribution is -2.22. The Morgan fingerprint density at radius 1 is 1.54 bits per heavy atom. The zero-order valence-corrected chi connectivity index (χ0v) is 8.81. The maximum absolute atomic E-state index is 5.59. The van der Waals surface area contributed by atoms with Crippen molar-refractivity contribution in [2.75, 3.05) is 26.3 Å². The number of hydrogen-bond donors (Lipinski definition) is 1. The molecule has 76 valence electrons. The highest BCUT2D eigenvalue weighted by Gasteiger charge is 2.02. The summed E-state index contributed by atoms with van der Waals surface area (Å²) in [5.74, 6) is 0.752. The zero-order chi connectivity index (χ0) is 9.52. The molecule has 1 aliphatic rings. The molecule has 0 saturated heterocycles. The van der Waals surface area contributed by atoms with Gasteiger partial charge < -0.3 is 10.1 Å². The molecule has 1 N–H and O–H groups in total. The lowest BCUT2D eigenvalue weighted by Gasteiger charge is -2.14. The molecule has 0 atom stereocenters. The molecule has 0 fully saturated rings. The van der Waals surface area contributed by atoms with Crippen molar-refractivity contribution in [3.8, 4) is 0 Å². The van der Waals surface area contributed by atoms with Crippen molar-refractivity contribution in [3.63, 3.8) is 0 Å². The molecule has 2 heteroatoms. The first-order valence-corrected chi connectivity index (χ1v) is 5.25. The molecule has 0 radical (unpaired) electrons. The van der Waals surface area contributed by atoms with E-state index in [1.807, 2.05) is 0 Å². The van der Waals surface area contributed by atoms with Gasteiger partial charge in [-0.15, -0.1) is 0 Å². The molecule has 0 aromatic heterocycles. The van der Waals surface area contributed by atoms with E-state index in [1.165, 1.54) is 12.0 Å². The Kier molecular flexibility index (Phi) is 5.09. The molecule has 0 bridgehead atoms. The van der Waals surface area contributed by atoms with Crippen LogP contribution >= 0.6 is 0 Å². The van der Waals surface area contributed by atoms with Crippen LogP contribution in [0.2, 0.25) is 0 Å². The highest BCUT2D eigenvalue weighted by atomic mass is 16.5. The fraction of sp³-hybridized carbons (Fsp3) is 0.818. The van der Waals surface area contributed by atoms with E-state index in [-0.39, 0.29) is 0 Å². The summed E-state index contributed by atoms with van der Waals surface area (Å²) in [6.45, 7) is 8.33. The van der Waals surface area contributed by atoms with Crippen LogP contribution in [0, 0.1) is 5.92 Å². The van der Waals surface area contributed by atoms with Crippen molar-refractivity contribution in [3.05, 3.63) is 11.6 Å². The van der Waals surface area contributed by atoms with Gasteiger partial charge in [0.1, 0.15) is 0 Å². The van der Waals surface area contributed by atoms with Crippen LogP contribution in [0.3, 0.4) is 0 Å². The molecule has 0 aromatic rings. The number of nitrogens with one attached hydrogen (secondary N) is 1. The van der Waals surface area contributed by atoms with Crippen LogP contribution in [-0.2, 0) is 4.74 Å². The fourth-order valence-corrected chi connectivity index (χ4v) is 1.32. The summed E-state index contributed by atoms with van der Waals surface area (Å²) in [5.41, 5.74) is 1.46. The van der Waals surface area contributed by atoms with Crippen molar-refractivity contribution in [1.82, 2.24) is 5.32 Å². The maximum Gasteiger partial charge on any atom is 0.0677 e. The van der Waals surface area contributed by atoms with Gasteiger partial charge in [0.25, 0.3) is 0 Å². The van der Waals surface area contributed by atoms with Crippen LogP contribution in [0.4, 0.5) is 0 Å². The molecule has 0 saturated carbocycles. The second-order valence-corrected chi connectivity index (χ2v) is 4.05. The van der Waals surface area contributed by atoms with E-state index in [2.05, 4.69) is 25.2 Å². The molecule has 0 amide bonds. The van der Waals surface area contributed by atoms with Gasteiger partial charge in [0.05, 0.1) is 6.61 Å². The summed E-state index contributed by atoms with van der Waals surface area (Å²) in [7, 11) is 0. The van der Waals surface area contributed by atoms with Gasteiger partial charge in [-0.2, -0.15) is 0 Å². The molecule has 0 unspecified atom stereocenters. The first-order chi connectivity index (χ1) is 6.29. The minimum atomic E-state index is 0.752. The minimum Gasteiger partial charge on any atom is -0.377 e. The van der Waals surface area contributed by atoms with Crippen LogP contribution < -0.4 is 5.32 Å². The maximum atomic E-state index is 5.59. The predicted octanol–water partition coefficient (Wildman–Crippen LogP) is 1.97. The van der Waals surface area contributed by atoms with Gasteiger partial charge in [-0.05, 0) is 30.9 Å². The molecular formula is C11H21NO. The average Bonchev–Trinajstić information content (AvgIpc) is 2.14. The summed E-state index contributed by atoms with van der Waals surface area (Å²) in [5, 5.41) is 3.29. The van der Waals surface area contributed by atoms with E-state index in [0.29, 0.717) is 0 Å². The summed E-state index contributed by atoms with van der Waals surface area (Å²) < 4.78 is 5.59. The van der Waals surface area contributed by atoms with E-state index < -0.39 is 0 Å². The molecule has 0 aliphatic carbocycles. The molecule has 1 aliphatic heterocycles. The molecule has 2 nitrogen and oxygen atoms in total. The molecule has 13 heavy (non-hydrogen) atoms. The van der Waals surface area contributed by atoms with E-state index >= 15 is 0 Å². The van der Waals surface area contributed by atoms with Crippen LogP contribution in [0.1, 0.15) is 26.7 Å². The number of hydrogen-bond acceptors (Lipinski definition) is 2. The lowest BCUT2D eigenvalue weighted by molar-refractivity contribution is 0.141. The monoisotopic (exact) mass is 183 g/mol. The fourth-order valence-electron chi connectivity index (χ4n) is 1.32. The quantitative estimate of drug-likeness (QED) is 0.520. The second-order valence-electron chi connectivity index (χ2n) is 4.05. The molecular weight excluding hydrogens is 162 g/mol. The smallest absolute Gasteiger partial charge is 0.0677 e. The predicted molar refractivity (Wildman–Crippen MR) is 55.8 cm³/mol.